The predicted octanol–water partition coefficient (Wildman–Crippen LogP) is 0.602. The highest BCUT2D eigenvalue weighted by atomic mass is 32.2. The predicted molar refractivity (Wildman–Crippen MR) is 85.8 cm³/mol. The third-order valence-electron chi connectivity index (χ3n) is 4.35. The Labute approximate surface area is 140 Å². The van der Waals surface area contributed by atoms with Gasteiger partial charge in [0.1, 0.15) is 12.4 Å². The van der Waals surface area contributed by atoms with Crippen LogP contribution in [0.3, 0.4) is 0 Å². The molecule has 4 rings (SSSR count). The van der Waals surface area contributed by atoms with E-state index < -0.39 is 10.0 Å². The summed E-state index contributed by atoms with van der Waals surface area (Å²) in [7, 11) is -3.15. The molecule has 0 atom stereocenters. The van der Waals surface area contributed by atoms with E-state index in [1.165, 1.54) is 0 Å². The van der Waals surface area contributed by atoms with Gasteiger partial charge in [0.15, 0.2) is 5.82 Å². The second kappa shape index (κ2) is 6.14. The maximum Gasteiger partial charge on any atom is 0.217 e. The fourth-order valence-electron chi connectivity index (χ4n) is 2.87. The smallest absolute Gasteiger partial charge is 0.217 e. The van der Waals surface area contributed by atoms with Gasteiger partial charge in [0, 0.05) is 38.3 Å². The third kappa shape index (κ3) is 3.01. The van der Waals surface area contributed by atoms with E-state index in [9.17, 15) is 8.42 Å². The Kier molecular flexibility index (Phi) is 3.97. The van der Waals surface area contributed by atoms with E-state index in [4.69, 9.17) is 4.74 Å². The molecule has 0 amide bonds. The maximum atomic E-state index is 12.4. The van der Waals surface area contributed by atoms with Crippen LogP contribution in [-0.4, -0.2) is 50.8 Å². The Bertz CT molecular complexity index is 817. The fraction of sp³-hybridized carbons (Fsp3) is 0.533. The number of sulfonamides is 1. The maximum absolute atomic E-state index is 12.4. The lowest BCUT2D eigenvalue weighted by atomic mass is 10.4. The van der Waals surface area contributed by atoms with Crippen molar-refractivity contribution >= 4 is 10.0 Å². The van der Waals surface area contributed by atoms with Crippen molar-refractivity contribution in [2.75, 3.05) is 13.1 Å². The monoisotopic (exact) mass is 349 g/mol. The number of rotatable bonds is 5. The topological polar surface area (TPSA) is 90.2 Å². The molecule has 128 valence electrons. The van der Waals surface area contributed by atoms with Crippen molar-refractivity contribution in [3.8, 4) is 5.88 Å². The number of pyridine rings is 1. The first kappa shape index (κ1) is 15.5. The lowest BCUT2D eigenvalue weighted by molar-refractivity contribution is 0.276. The first-order chi connectivity index (χ1) is 11.6. The first-order valence-corrected chi connectivity index (χ1v) is 9.58. The molecular formula is C15H19N5O3S. The number of nitrogens with zero attached hydrogens (tertiary/aromatic N) is 5. The molecule has 1 aliphatic heterocycles. The zero-order chi connectivity index (χ0) is 16.6. The summed E-state index contributed by atoms with van der Waals surface area (Å²) in [5, 5.41) is 8.21. The van der Waals surface area contributed by atoms with Gasteiger partial charge in [0.05, 0.1) is 5.25 Å². The van der Waals surface area contributed by atoms with Crippen molar-refractivity contribution in [1.82, 2.24) is 24.1 Å². The molecule has 1 saturated carbocycles. The van der Waals surface area contributed by atoms with Gasteiger partial charge in [0.25, 0.3) is 0 Å². The summed E-state index contributed by atoms with van der Waals surface area (Å²) in [6, 6.07) is 5.46. The minimum absolute atomic E-state index is 0.173. The van der Waals surface area contributed by atoms with Crippen molar-refractivity contribution in [2.45, 2.75) is 37.7 Å². The van der Waals surface area contributed by atoms with Crippen LogP contribution in [0.25, 0.3) is 0 Å². The Balaban J connectivity index is 1.46. The van der Waals surface area contributed by atoms with E-state index in [0.717, 1.165) is 18.7 Å². The summed E-state index contributed by atoms with van der Waals surface area (Å²) in [5.74, 6) is 2.03. The van der Waals surface area contributed by atoms with Crippen molar-refractivity contribution in [3.63, 3.8) is 0 Å². The van der Waals surface area contributed by atoms with Crippen LogP contribution in [0.5, 0.6) is 5.88 Å². The highest BCUT2D eigenvalue weighted by Crippen LogP contribution is 2.31. The van der Waals surface area contributed by atoms with Gasteiger partial charge in [-0.15, -0.1) is 10.2 Å². The summed E-state index contributed by atoms with van der Waals surface area (Å²) in [6.07, 6.45) is 3.81. The molecule has 0 spiro atoms. The van der Waals surface area contributed by atoms with E-state index in [-0.39, 0.29) is 11.9 Å². The summed E-state index contributed by atoms with van der Waals surface area (Å²) in [4.78, 5) is 4.11. The van der Waals surface area contributed by atoms with Gasteiger partial charge in [-0.1, -0.05) is 6.07 Å². The highest BCUT2D eigenvalue weighted by molar-refractivity contribution is 7.90. The van der Waals surface area contributed by atoms with Gasteiger partial charge in [-0.3, -0.25) is 0 Å². The van der Waals surface area contributed by atoms with Crippen LogP contribution in [0, 0.1) is 0 Å². The van der Waals surface area contributed by atoms with E-state index in [1.54, 1.807) is 16.6 Å². The van der Waals surface area contributed by atoms with E-state index in [1.807, 2.05) is 16.7 Å². The molecule has 9 heteroatoms. The Morgan fingerprint density at radius 2 is 2.04 bits per heavy atom. The highest BCUT2D eigenvalue weighted by Gasteiger charge is 2.40. The van der Waals surface area contributed by atoms with Gasteiger partial charge in [-0.05, 0) is 18.9 Å². The quantitative estimate of drug-likeness (QED) is 0.785. The molecule has 0 bridgehead atoms. The summed E-state index contributed by atoms with van der Waals surface area (Å²) >= 11 is 0. The Morgan fingerprint density at radius 3 is 2.79 bits per heavy atom. The molecule has 8 nitrogen and oxygen atoms in total. The van der Waals surface area contributed by atoms with Crippen LogP contribution in [-0.2, 0) is 29.6 Å². The number of hydrogen-bond donors (Lipinski definition) is 0. The zero-order valence-corrected chi connectivity index (χ0v) is 14.0. The largest absolute Gasteiger partial charge is 0.469 e. The summed E-state index contributed by atoms with van der Waals surface area (Å²) in [6.45, 7) is 1.74. The van der Waals surface area contributed by atoms with Gasteiger partial charge >= 0.3 is 0 Å². The summed E-state index contributed by atoms with van der Waals surface area (Å²) < 4.78 is 34.0. The van der Waals surface area contributed by atoms with Crippen LogP contribution < -0.4 is 4.74 Å². The minimum atomic E-state index is -3.15. The third-order valence-corrected chi connectivity index (χ3v) is 6.75. The van der Waals surface area contributed by atoms with Gasteiger partial charge in [0.2, 0.25) is 15.9 Å². The van der Waals surface area contributed by atoms with Crippen LogP contribution in [0.4, 0.5) is 0 Å². The molecule has 2 aliphatic rings. The molecule has 3 heterocycles. The number of ether oxygens (including phenoxy) is 1. The average Bonchev–Trinajstić information content (AvgIpc) is 3.40. The van der Waals surface area contributed by atoms with Crippen molar-refractivity contribution < 1.29 is 13.2 Å². The first-order valence-electron chi connectivity index (χ1n) is 8.08. The van der Waals surface area contributed by atoms with Crippen LogP contribution >= 0.6 is 0 Å². The van der Waals surface area contributed by atoms with E-state index in [0.29, 0.717) is 37.8 Å². The standard InChI is InChI=1S/C15H19N5O3S/c21-24(22,12-4-5-12)19-8-6-13-17-18-14(20(13)10-9-19)11-23-15-3-1-2-7-16-15/h1-3,7,12H,4-6,8-11H2. The molecule has 2 aromatic rings. The normalized spacial score (nSPS) is 18.8. The number of aromatic nitrogens is 4. The molecule has 1 aliphatic carbocycles. The van der Waals surface area contributed by atoms with Gasteiger partial charge in [-0.25, -0.2) is 13.4 Å². The van der Waals surface area contributed by atoms with Gasteiger partial charge in [-0.2, -0.15) is 4.31 Å². The molecule has 0 N–H and O–H groups in total. The Hall–Kier alpha value is -2.00. The zero-order valence-electron chi connectivity index (χ0n) is 13.2. The van der Waals surface area contributed by atoms with Crippen LogP contribution in [0.2, 0.25) is 0 Å². The molecule has 1 fully saturated rings. The van der Waals surface area contributed by atoms with Crippen molar-refractivity contribution in [1.29, 1.82) is 0 Å². The van der Waals surface area contributed by atoms with E-state index in [2.05, 4.69) is 15.2 Å². The lowest BCUT2D eigenvalue weighted by Crippen LogP contribution is -2.36. The average molecular weight is 349 g/mol. The molecular weight excluding hydrogens is 330 g/mol. The van der Waals surface area contributed by atoms with Crippen LogP contribution in [0.1, 0.15) is 24.5 Å². The molecule has 0 saturated heterocycles. The second-order valence-electron chi connectivity index (χ2n) is 6.03. The lowest BCUT2D eigenvalue weighted by Gasteiger charge is -2.19. The molecule has 0 radical (unpaired) electrons. The fourth-order valence-corrected chi connectivity index (χ4v) is 4.71. The van der Waals surface area contributed by atoms with Crippen molar-refractivity contribution in [3.05, 3.63) is 36.0 Å². The molecule has 0 unspecified atom stereocenters. The number of hydrogen-bond acceptors (Lipinski definition) is 6. The molecule has 2 aromatic heterocycles. The Morgan fingerprint density at radius 1 is 1.17 bits per heavy atom. The number of fused-ring (bicyclic) bond motifs is 1. The molecule has 0 aromatic carbocycles. The minimum Gasteiger partial charge on any atom is -0.469 e. The van der Waals surface area contributed by atoms with Crippen molar-refractivity contribution in [2.24, 2.45) is 0 Å². The second-order valence-corrected chi connectivity index (χ2v) is 8.25. The SMILES string of the molecule is O=S(=O)(C1CC1)N1CCc2nnc(COc3ccccn3)n2CC1. The van der Waals surface area contributed by atoms with E-state index >= 15 is 0 Å². The van der Waals surface area contributed by atoms with Gasteiger partial charge < -0.3 is 9.30 Å². The van der Waals surface area contributed by atoms with Crippen LogP contribution in [0.15, 0.2) is 24.4 Å². The summed E-state index contributed by atoms with van der Waals surface area (Å²) in [5.41, 5.74) is 0. The molecule has 24 heavy (non-hydrogen) atoms.